The Morgan fingerprint density at radius 2 is 2.46 bits per heavy atom. The zero-order chi connectivity index (χ0) is 9.52. The Labute approximate surface area is 81.4 Å². The Hall–Kier alpha value is -0.500. The average molecular weight is 183 g/mol. The lowest BCUT2D eigenvalue weighted by Crippen LogP contribution is -2.29. The molecule has 1 N–H and O–H groups in total. The quantitative estimate of drug-likeness (QED) is 0.707. The summed E-state index contributed by atoms with van der Waals surface area (Å²) in [7, 11) is 2.01. The van der Waals surface area contributed by atoms with Gasteiger partial charge in [-0.1, -0.05) is 19.8 Å². The summed E-state index contributed by atoms with van der Waals surface area (Å²) in [6, 6.07) is 0.445. The number of hydrogen-bond donors (Lipinski definition) is 1. The van der Waals surface area contributed by atoms with Crippen LogP contribution in [0, 0.1) is 0 Å². The molecule has 76 valence electrons. The van der Waals surface area contributed by atoms with Crippen molar-refractivity contribution in [3.05, 3.63) is 11.8 Å². The standard InChI is InChI=1S/C11H21NO/c1-3-4-7-10(12-2)11-8-5-6-9-13-11/h8,10,12H,3-7,9H2,1-2H3. The van der Waals surface area contributed by atoms with Crippen LogP contribution in [-0.4, -0.2) is 19.7 Å². The predicted octanol–water partition coefficient (Wildman–Crippen LogP) is 2.46. The molecule has 0 aromatic rings. The Morgan fingerprint density at radius 3 is 3.00 bits per heavy atom. The molecule has 1 aliphatic heterocycles. The Balaban J connectivity index is 2.39. The van der Waals surface area contributed by atoms with E-state index in [-0.39, 0.29) is 0 Å². The molecule has 0 saturated carbocycles. The molecule has 0 aliphatic carbocycles. The molecule has 0 amide bonds. The molecule has 1 unspecified atom stereocenters. The number of unbranched alkanes of at least 4 members (excludes halogenated alkanes) is 1. The number of likely N-dealkylation sites (N-methyl/N-ethyl adjacent to an activating group) is 1. The van der Waals surface area contributed by atoms with E-state index in [1.165, 1.54) is 37.9 Å². The van der Waals surface area contributed by atoms with E-state index >= 15 is 0 Å². The third-order valence-electron chi connectivity index (χ3n) is 2.50. The molecule has 1 heterocycles. The van der Waals surface area contributed by atoms with Crippen molar-refractivity contribution in [3.63, 3.8) is 0 Å². The lowest BCUT2D eigenvalue weighted by Gasteiger charge is -2.23. The SMILES string of the molecule is CCCCC(NC)C1=CCCCO1. The van der Waals surface area contributed by atoms with Gasteiger partial charge in [-0.15, -0.1) is 0 Å². The van der Waals surface area contributed by atoms with Gasteiger partial charge in [0.15, 0.2) is 0 Å². The highest BCUT2D eigenvalue weighted by Crippen LogP contribution is 2.17. The topological polar surface area (TPSA) is 21.3 Å². The molecule has 1 rings (SSSR count). The van der Waals surface area contributed by atoms with E-state index in [4.69, 9.17) is 4.74 Å². The monoisotopic (exact) mass is 183 g/mol. The normalized spacial score (nSPS) is 19.1. The van der Waals surface area contributed by atoms with E-state index in [9.17, 15) is 0 Å². The molecular formula is C11H21NO. The highest BCUT2D eigenvalue weighted by atomic mass is 16.5. The Morgan fingerprint density at radius 1 is 1.62 bits per heavy atom. The first-order chi connectivity index (χ1) is 6.38. The van der Waals surface area contributed by atoms with Crippen LogP contribution in [0.25, 0.3) is 0 Å². The van der Waals surface area contributed by atoms with Gasteiger partial charge in [0.1, 0.15) is 5.76 Å². The maximum absolute atomic E-state index is 5.63. The lowest BCUT2D eigenvalue weighted by atomic mass is 10.1. The summed E-state index contributed by atoms with van der Waals surface area (Å²) < 4.78 is 5.63. The van der Waals surface area contributed by atoms with Crippen LogP contribution in [0.4, 0.5) is 0 Å². The van der Waals surface area contributed by atoms with Crippen LogP contribution in [0.2, 0.25) is 0 Å². The van der Waals surface area contributed by atoms with E-state index in [0.29, 0.717) is 6.04 Å². The van der Waals surface area contributed by atoms with E-state index < -0.39 is 0 Å². The van der Waals surface area contributed by atoms with Crippen molar-refractivity contribution in [1.29, 1.82) is 0 Å². The molecular weight excluding hydrogens is 162 g/mol. The smallest absolute Gasteiger partial charge is 0.109 e. The zero-order valence-corrected chi connectivity index (χ0v) is 8.81. The molecule has 2 nitrogen and oxygen atoms in total. The second-order valence-electron chi connectivity index (χ2n) is 3.58. The molecule has 13 heavy (non-hydrogen) atoms. The van der Waals surface area contributed by atoms with Crippen molar-refractivity contribution in [2.75, 3.05) is 13.7 Å². The molecule has 2 heteroatoms. The number of hydrogen-bond acceptors (Lipinski definition) is 2. The van der Waals surface area contributed by atoms with E-state index in [0.717, 1.165) is 6.61 Å². The van der Waals surface area contributed by atoms with Crippen LogP contribution in [0.1, 0.15) is 39.0 Å². The first kappa shape index (κ1) is 10.6. The first-order valence-electron chi connectivity index (χ1n) is 5.38. The number of nitrogens with one attached hydrogen (secondary N) is 1. The summed E-state index contributed by atoms with van der Waals surface area (Å²) >= 11 is 0. The summed E-state index contributed by atoms with van der Waals surface area (Å²) in [5, 5.41) is 3.31. The lowest BCUT2D eigenvalue weighted by molar-refractivity contribution is 0.166. The Bertz CT molecular complexity index is 165. The van der Waals surface area contributed by atoms with Gasteiger partial charge in [-0.05, 0) is 32.4 Å². The molecule has 0 aromatic carbocycles. The zero-order valence-electron chi connectivity index (χ0n) is 8.81. The minimum atomic E-state index is 0.445. The third-order valence-corrected chi connectivity index (χ3v) is 2.50. The van der Waals surface area contributed by atoms with Crippen molar-refractivity contribution >= 4 is 0 Å². The van der Waals surface area contributed by atoms with Crippen LogP contribution in [0.15, 0.2) is 11.8 Å². The second kappa shape index (κ2) is 6.03. The summed E-state index contributed by atoms with van der Waals surface area (Å²) in [6.45, 7) is 3.12. The van der Waals surface area contributed by atoms with Gasteiger partial charge in [0, 0.05) is 0 Å². The maximum Gasteiger partial charge on any atom is 0.109 e. The predicted molar refractivity (Wildman–Crippen MR) is 55.6 cm³/mol. The largest absolute Gasteiger partial charge is 0.497 e. The molecule has 0 saturated heterocycles. The van der Waals surface area contributed by atoms with E-state index in [2.05, 4.69) is 18.3 Å². The van der Waals surface area contributed by atoms with Crippen molar-refractivity contribution in [2.45, 2.75) is 45.1 Å². The fourth-order valence-corrected chi connectivity index (χ4v) is 1.66. The minimum absolute atomic E-state index is 0.445. The van der Waals surface area contributed by atoms with Gasteiger partial charge in [-0.3, -0.25) is 0 Å². The molecule has 1 atom stereocenters. The van der Waals surface area contributed by atoms with Gasteiger partial charge in [-0.2, -0.15) is 0 Å². The fraction of sp³-hybridized carbons (Fsp3) is 0.818. The van der Waals surface area contributed by atoms with Crippen molar-refractivity contribution in [3.8, 4) is 0 Å². The highest BCUT2D eigenvalue weighted by molar-refractivity contribution is 5.04. The molecule has 0 spiro atoms. The van der Waals surface area contributed by atoms with Gasteiger partial charge in [0.05, 0.1) is 12.6 Å². The van der Waals surface area contributed by atoms with Gasteiger partial charge in [0.2, 0.25) is 0 Å². The number of allylic oxidation sites excluding steroid dienone is 1. The van der Waals surface area contributed by atoms with Crippen LogP contribution >= 0.6 is 0 Å². The van der Waals surface area contributed by atoms with Gasteiger partial charge >= 0.3 is 0 Å². The molecule has 0 bridgehead atoms. The van der Waals surface area contributed by atoms with Crippen LogP contribution in [-0.2, 0) is 4.74 Å². The number of rotatable bonds is 5. The van der Waals surface area contributed by atoms with Crippen molar-refractivity contribution in [1.82, 2.24) is 5.32 Å². The summed E-state index contributed by atoms with van der Waals surface area (Å²) in [4.78, 5) is 0. The molecule has 0 fully saturated rings. The van der Waals surface area contributed by atoms with Crippen LogP contribution < -0.4 is 5.32 Å². The summed E-state index contributed by atoms with van der Waals surface area (Å²) in [5.41, 5.74) is 0. The average Bonchev–Trinajstić information content (AvgIpc) is 2.21. The van der Waals surface area contributed by atoms with Crippen LogP contribution in [0.5, 0.6) is 0 Å². The van der Waals surface area contributed by atoms with Gasteiger partial charge in [0.25, 0.3) is 0 Å². The molecule has 0 aromatic heterocycles. The highest BCUT2D eigenvalue weighted by Gasteiger charge is 2.14. The van der Waals surface area contributed by atoms with Gasteiger partial charge in [-0.25, -0.2) is 0 Å². The van der Waals surface area contributed by atoms with E-state index in [1.54, 1.807) is 0 Å². The van der Waals surface area contributed by atoms with Crippen molar-refractivity contribution in [2.24, 2.45) is 0 Å². The van der Waals surface area contributed by atoms with Crippen molar-refractivity contribution < 1.29 is 4.74 Å². The maximum atomic E-state index is 5.63. The molecule has 0 radical (unpaired) electrons. The minimum Gasteiger partial charge on any atom is -0.497 e. The summed E-state index contributed by atoms with van der Waals surface area (Å²) in [6.07, 6.45) is 8.31. The third kappa shape index (κ3) is 3.39. The first-order valence-corrected chi connectivity index (χ1v) is 5.38. The summed E-state index contributed by atoms with van der Waals surface area (Å²) in [5.74, 6) is 1.17. The number of ether oxygens (including phenoxy) is 1. The van der Waals surface area contributed by atoms with E-state index in [1.807, 2.05) is 7.05 Å². The van der Waals surface area contributed by atoms with Crippen LogP contribution in [0.3, 0.4) is 0 Å². The fourth-order valence-electron chi connectivity index (χ4n) is 1.66. The Kier molecular flexibility index (Phi) is 4.91. The molecule has 1 aliphatic rings. The van der Waals surface area contributed by atoms with Gasteiger partial charge < -0.3 is 10.1 Å². The second-order valence-corrected chi connectivity index (χ2v) is 3.58.